The Labute approximate surface area is 182 Å². The molecule has 1 aliphatic rings. The molecule has 0 spiro atoms. The van der Waals surface area contributed by atoms with E-state index in [0.717, 1.165) is 23.4 Å². The van der Waals surface area contributed by atoms with Crippen molar-refractivity contribution < 1.29 is 5.11 Å². The number of unbranched alkanes of at least 4 members (excludes halogenated alkanes) is 1. The molecule has 2 aromatic heterocycles. The number of benzene rings is 1. The van der Waals surface area contributed by atoms with Gasteiger partial charge in [0.05, 0.1) is 11.4 Å². The molecular formula is C22H23N3O3S2. The zero-order valence-corrected chi connectivity index (χ0v) is 18.5. The summed E-state index contributed by atoms with van der Waals surface area (Å²) in [6, 6.07) is 12.0. The average molecular weight is 442 g/mol. The number of thiophene rings is 1. The predicted molar refractivity (Wildman–Crippen MR) is 123 cm³/mol. The number of H-pyrrole nitrogens is 1. The van der Waals surface area contributed by atoms with Gasteiger partial charge < -0.3 is 5.11 Å². The number of thioether (sulfide) groups is 1. The second-order valence-corrected chi connectivity index (χ2v) is 9.81. The molecule has 30 heavy (non-hydrogen) atoms. The number of aromatic amines is 1. The molecule has 0 unspecified atom stereocenters. The molecular weight excluding hydrogens is 418 g/mol. The Morgan fingerprint density at radius 3 is 2.77 bits per heavy atom. The minimum absolute atomic E-state index is 0.0564. The van der Waals surface area contributed by atoms with Gasteiger partial charge >= 0.3 is 5.69 Å². The number of aliphatic imine (C=N–C) groups is 1. The fraction of sp³-hybridized carbons (Fsp3) is 0.318. The Hall–Kier alpha value is -2.58. The Morgan fingerprint density at radius 1 is 1.23 bits per heavy atom. The summed E-state index contributed by atoms with van der Waals surface area (Å²) in [5.41, 5.74) is 0.144. The Morgan fingerprint density at radius 2 is 2.03 bits per heavy atom. The van der Waals surface area contributed by atoms with Crippen LogP contribution >= 0.6 is 23.1 Å². The number of hydrogen-bond acceptors (Lipinski definition) is 6. The first-order valence-corrected chi connectivity index (χ1v) is 11.6. The molecule has 0 amide bonds. The molecule has 1 atom stereocenters. The minimum Gasteiger partial charge on any atom is -0.494 e. The zero-order chi connectivity index (χ0) is 21.3. The molecule has 3 aromatic rings. The number of nitrogens with zero attached hydrogens (tertiary/aromatic N) is 2. The van der Waals surface area contributed by atoms with Gasteiger partial charge in [0, 0.05) is 32.9 Å². The number of aromatic nitrogens is 2. The highest BCUT2D eigenvalue weighted by Gasteiger charge is 2.27. The van der Waals surface area contributed by atoms with Gasteiger partial charge in [0.1, 0.15) is 5.56 Å². The molecule has 0 radical (unpaired) electrons. The molecule has 3 heterocycles. The number of para-hydroxylation sites is 1. The van der Waals surface area contributed by atoms with Crippen LogP contribution in [-0.4, -0.2) is 20.4 Å². The molecule has 2 N–H and O–H groups in total. The van der Waals surface area contributed by atoms with Crippen molar-refractivity contribution in [2.75, 3.05) is 0 Å². The van der Waals surface area contributed by atoms with Crippen molar-refractivity contribution in [2.24, 2.45) is 4.99 Å². The fourth-order valence-electron chi connectivity index (χ4n) is 3.50. The summed E-state index contributed by atoms with van der Waals surface area (Å²) in [5.74, 6) is -0.304. The van der Waals surface area contributed by atoms with Crippen LogP contribution in [0, 0.1) is 6.92 Å². The zero-order valence-electron chi connectivity index (χ0n) is 16.8. The van der Waals surface area contributed by atoms with E-state index >= 15 is 0 Å². The fourth-order valence-corrected chi connectivity index (χ4v) is 5.78. The van der Waals surface area contributed by atoms with Crippen LogP contribution in [0.5, 0.6) is 5.88 Å². The number of hydrogen-bond donors (Lipinski definition) is 2. The van der Waals surface area contributed by atoms with E-state index in [1.54, 1.807) is 23.1 Å². The number of rotatable bonds is 5. The number of aryl methyl sites for hydroxylation is 1. The molecule has 8 heteroatoms. The molecule has 6 nitrogen and oxygen atoms in total. The second kappa shape index (κ2) is 8.65. The van der Waals surface area contributed by atoms with Crippen LogP contribution in [0.2, 0.25) is 0 Å². The van der Waals surface area contributed by atoms with E-state index in [0.29, 0.717) is 18.7 Å². The quantitative estimate of drug-likeness (QED) is 0.597. The van der Waals surface area contributed by atoms with Gasteiger partial charge in [-0.05, 0) is 37.6 Å². The van der Waals surface area contributed by atoms with Crippen molar-refractivity contribution in [3.05, 3.63) is 72.6 Å². The average Bonchev–Trinajstić information content (AvgIpc) is 3.05. The van der Waals surface area contributed by atoms with Gasteiger partial charge in [0.15, 0.2) is 0 Å². The van der Waals surface area contributed by atoms with E-state index in [4.69, 9.17) is 4.99 Å². The van der Waals surface area contributed by atoms with E-state index in [9.17, 15) is 14.7 Å². The van der Waals surface area contributed by atoms with Gasteiger partial charge in [0.25, 0.3) is 5.56 Å². The largest absolute Gasteiger partial charge is 0.494 e. The number of aromatic hydroxyl groups is 1. The van der Waals surface area contributed by atoms with E-state index in [1.807, 2.05) is 31.2 Å². The summed E-state index contributed by atoms with van der Waals surface area (Å²) in [7, 11) is 0. The van der Waals surface area contributed by atoms with E-state index in [2.05, 4.69) is 24.0 Å². The Balaban J connectivity index is 1.87. The van der Waals surface area contributed by atoms with Crippen molar-refractivity contribution in [1.29, 1.82) is 0 Å². The van der Waals surface area contributed by atoms with Gasteiger partial charge in [-0.3, -0.25) is 19.3 Å². The first-order valence-electron chi connectivity index (χ1n) is 9.94. The van der Waals surface area contributed by atoms with Crippen LogP contribution in [0.4, 0.5) is 5.69 Å². The summed E-state index contributed by atoms with van der Waals surface area (Å²) in [5, 5.41) is 10.9. The van der Waals surface area contributed by atoms with E-state index in [-0.39, 0.29) is 16.7 Å². The maximum Gasteiger partial charge on any atom is 0.331 e. The van der Waals surface area contributed by atoms with Crippen molar-refractivity contribution >= 4 is 34.5 Å². The summed E-state index contributed by atoms with van der Waals surface area (Å²) < 4.78 is 1.23. The Bertz CT molecular complexity index is 1220. The summed E-state index contributed by atoms with van der Waals surface area (Å²) in [6.07, 6.45) is 2.06. The lowest BCUT2D eigenvalue weighted by Crippen LogP contribution is -2.34. The molecule has 0 bridgehead atoms. The van der Waals surface area contributed by atoms with Gasteiger partial charge in [-0.1, -0.05) is 25.5 Å². The number of nitrogens with one attached hydrogen (secondary N) is 1. The first kappa shape index (κ1) is 20.7. The SMILES string of the molecule is CCCCn1c(O)c(C2=Nc3ccccc3S[C@H](c3ccc(C)s3)C2)c(=O)[nH]c1=O. The lowest BCUT2D eigenvalue weighted by molar-refractivity contribution is 0.394. The summed E-state index contributed by atoms with van der Waals surface area (Å²) >= 11 is 3.43. The number of fused-ring (bicyclic) bond motifs is 1. The monoisotopic (exact) mass is 441 g/mol. The molecule has 4 rings (SSSR count). The van der Waals surface area contributed by atoms with Crippen molar-refractivity contribution in [1.82, 2.24) is 9.55 Å². The molecule has 0 aliphatic carbocycles. The van der Waals surface area contributed by atoms with Crippen molar-refractivity contribution in [3.63, 3.8) is 0 Å². The third kappa shape index (κ3) is 4.02. The molecule has 156 valence electrons. The van der Waals surface area contributed by atoms with Crippen LogP contribution in [0.15, 0.2) is 55.9 Å². The first-order chi connectivity index (χ1) is 14.5. The maximum absolute atomic E-state index is 12.7. The molecule has 0 saturated carbocycles. The predicted octanol–water partition coefficient (Wildman–Crippen LogP) is 4.77. The summed E-state index contributed by atoms with van der Waals surface area (Å²) in [4.78, 5) is 35.6. The van der Waals surface area contributed by atoms with Crippen LogP contribution < -0.4 is 11.2 Å². The molecule has 0 fully saturated rings. The minimum atomic E-state index is -0.602. The highest BCUT2D eigenvalue weighted by atomic mass is 32.2. The maximum atomic E-state index is 12.7. The van der Waals surface area contributed by atoms with E-state index < -0.39 is 11.2 Å². The van der Waals surface area contributed by atoms with Crippen molar-refractivity contribution in [3.8, 4) is 5.88 Å². The van der Waals surface area contributed by atoms with Crippen LogP contribution in [0.1, 0.15) is 46.8 Å². The van der Waals surface area contributed by atoms with Gasteiger partial charge in [-0.25, -0.2) is 4.79 Å². The highest BCUT2D eigenvalue weighted by Crippen LogP contribution is 2.47. The van der Waals surface area contributed by atoms with Crippen LogP contribution in [-0.2, 0) is 6.54 Å². The molecule has 0 saturated heterocycles. The third-order valence-corrected chi connectivity index (χ3v) is 7.61. The lowest BCUT2D eigenvalue weighted by atomic mass is 10.1. The topological polar surface area (TPSA) is 87.4 Å². The second-order valence-electron chi connectivity index (χ2n) is 7.25. The third-order valence-electron chi connectivity index (χ3n) is 5.04. The van der Waals surface area contributed by atoms with Gasteiger partial charge in [-0.15, -0.1) is 23.1 Å². The van der Waals surface area contributed by atoms with Crippen LogP contribution in [0.25, 0.3) is 0 Å². The van der Waals surface area contributed by atoms with Crippen LogP contribution in [0.3, 0.4) is 0 Å². The van der Waals surface area contributed by atoms with Gasteiger partial charge in [0.2, 0.25) is 5.88 Å². The lowest BCUT2D eigenvalue weighted by Gasteiger charge is -2.15. The van der Waals surface area contributed by atoms with E-state index in [1.165, 1.54) is 14.3 Å². The standard InChI is InChI=1S/C22H23N3O3S2/c1-3-4-11-25-21(27)19(20(26)24-22(25)28)15-12-18(17-10-9-13(2)29-17)30-16-8-6-5-7-14(16)23-15/h5-10,18,27H,3-4,11-12H2,1-2H3,(H,24,26,28)/t18-/m0/s1. The molecule has 1 aliphatic heterocycles. The van der Waals surface area contributed by atoms with Crippen molar-refractivity contribution in [2.45, 2.75) is 49.8 Å². The van der Waals surface area contributed by atoms with Gasteiger partial charge in [-0.2, -0.15) is 0 Å². The normalized spacial score (nSPS) is 16.1. The molecule has 1 aromatic carbocycles. The Kier molecular flexibility index (Phi) is 5.97. The highest BCUT2D eigenvalue weighted by molar-refractivity contribution is 7.99. The summed E-state index contributed by atoms with van der Waals surface area (Å²) in [6.45, 7) is 4.42. The smallest absolute Gasteiger partial charge is 0.331 e.